The van der Waals surface area contributed by atoms with Crippen LogP contribution in [0, 0.1) is 12.3 Å². The minimum atomic E-state index is -0.711. The molecule has 0 aromatic carbocycles. The zero-order valence-electron chi connectivity index (χ0n) is 11.6. The smallest absolute Gasteiger partial charge is 0.309 e. The van der Waals surface area contributed by atoms with E-state index >= 15 is 0 Å². The number of carboxylic acid groups (broad SMARTS) is 1. The summed E-state index contributed by atoms with van der Waals surface area (Å²) in [6, 6.07) is 2.08. The monoisotopic (exact) mass is 270 g/mol. The summed E-state index contributed by atoms with van der Waals surface area (Å²) in [6.07, 6.45) is 2.71. The molecule has 4 nitrogen and oxygen atoms in total. The molecule has 0 spiro atoms. The fourth-order valence-electron chi connectivity index (χ4n) is 1.67. The van der Waals surface area contributed by atoms with Crippen molar-refractivity contribution < 1.29 is 9.90 Å². The predicted octanol–water partition coefficient (Wildman–Crippen LogP) is 3.10. The van der Waals surface area contributed by atoms with Gasteiger partial charge in [0.1, 0.15) is 0 Å². The summed E-state index contributed by atoms with van der Waals surface area (Å²) in [5, 5.41) is 14.5. The highest BCUT2D eigenvalue weighted by Crippen LogP contribution is 2.25. The molecule has 0 fully saturated rings. The van der Waals surface area contributed by atoms with Crippen LogP contribution < -0.4 is 0 Å². The minimum Gasteiger partial charge on any atom is -0.481 e. The van der Waals surface area contributed by atoms with Crippen molar-refractivity contribution in [1.82, 2.24) is 9.78 Å². The van der Waals surface area contributed by atoms with E-state index in [1.807, 2.05) is 18.7 Å². The van der Waals surface area contributed by atoms with Crippen molar-refractivity contribution in [2.45, 2.75) is 45.1 Å². The average Bonchev–Trinajstić information content (AvgIpc) is 2.56. The van der Waals surface area contributed by atoms with Gasteiger partial charge in [-0.2, -0.15) is 5.10 Å². The third-order valence-corrected chi connectivity index (χ3v) is 4.15. The summed E-state index contributed by atoms with van der Waals surface area (Å²) >= 11 is 1.78. The first-order valence-electron chi connectivity index (χ1n) is 6.20. The lowest BCUT2D eigenvalue weighted by molar-refractivity contribution is -0.147. The van der Waals surface area contributed by atoms with E-state index in [1.165, 1.54) is 5.03 Å². The van der Waals surface area contributed by atoms with Gasteiger partial charge in [-0.1, -0.05) is 6.42 Å². The number of nitrogens with zero attached hydrogens (tertiary/aromatic N) is 2. The fourth-order valence-corrected chi connectivity index (χ4v) is 2.71. The van der Waals surface area contributed by atoms with Gasteiger partial charge in [-0.3, -0.25) is 9.48 Å². The van der Waals surface area contributed by atoms with E-state index in [0.717, 1.165) is 30.7 Å². The second kappa shape index (κ2) is 6.27. The van der Waals surface area contributed by atoms with E-state index in [1.54, 1.807) is 25.6 Å². The lowest BCUT2D eigenvalue weighted by Gasteiger charge is -2.18. The summed E-state index contributed by atoms with van der Waals surface area (Å²) in [5.41, 5.74) is 0.431. The molecule has 0 aliphatic heterocycles. The minimum absolute atomic E-state index is 0.603. The number of rotatable bonds is 7. The van der Waals surface area contributed by atoms with Crippen molar-refractivity contribution in [2.75, 3.05) is 5.75 Å². The van der Waals surface area contributed by atoms with Crippen LogP contribution in [0.15, 0.2) is 11.1 Å². The maximum Gasteiger partial charge on any atom is 0.309 e. The zero-order valence-corrected chi connectivity index (χ0v) is 12.4. The van der Waals surface area contributed by atoms with Crippen molar-refractivity contribution in [3.63, 3.8) is 0 Å². The standard InChI is InChI=1S/C13H22N2O2S/c1-10-9-11(15(4)14-10)18-8-6-5-7-13(2,3)12(16)17/h9H,5-8H2,1-4H3,(H,16,17). The van der Waals surface area contributed by atoms with Crippen molar-refractivity contribution in [2.24, 2.45) is 12.5 Å². The Morgan fingerprint density at radius 3 is 2.67 bits per heavy atom. The van der Waals surface area contributed by atoms with Crippen LogP contribution in [0.5, 0.6) is 0 Å². The molecule has 0 unspecified atom stereocenters. The topological polar surface area (TPSA) is 55.1 Å². The Morgan fingerprint density at radius 1 is 1.50 bits per heavy atom. The number of thioether (sulfide) groups is 1. The predicted molar refractivity (Wildman–Crippen MR) is 73.9 cm³/mol. The van der Waals surface area contributed by atoms with Gasteiger partial charge < -0.3 is 5.11 Å². The molecule has 0 aliphatic carbocycles. The van der Waals surface area contributed by atoms with Gasteiger partial charge in [0.05, 0.1) is 16.1 Å². The first kappa shape index (κ1) is 15.1. The second-order valence-electron chi connectivity index (χ2n) is 5.24. The van der Waals surface area contributed by atoms with Crippen LogP contribution in [-0.2, 0) is 11.8 Å². The summed E-state index contributed by atoms with van der Waals surface area (Å²) in [4.78, 5) is 10.9. The molecule has 0 saturated heterocycles. The molecule has 1 aromatic heterocycles. The molecule has 1 heterocycles. The van der Waals surface area contributed by atoms with Gasteiger partial charge in [-0.05, 0) is 45.4 Å². The van der Waals surface area contributed by atoms with Gasteiger partial charge in [-0.25, -0.2) is 0 Å². The van der Waals surface area contributed by atoms with Gasteiger partial charge in [0.2, 0.25) is 0 Å². The summed E-state index contributed by atoms with van der Waals surface area (Å²) in [5.74, 6) is 0.298. The molecule has 1 aromatic rings. The van der Waals surface area contributed by atoms with Crippen molar-refractivity contribution in [1.29, 1.82) is 0 Å². The first-order chi connectivity index (χ1) is 8.33. The SMILES string of the molecule is Cc1cc(SCCCCC(C)(C)C(=O)O)n(C)n1. The third kappa shape index (κ3) is 4.37. The fraction of sp³-hybridized carbons (Fsp3) is 0.692. The number of carboxylic acids is 1. The highest BCUT2D eigenvalue weighted by atomic mass is 32.2. The Bertz CT molecular complexity index is 413. The van der Waals surface area contributed by atoms with E-state index in [0.29, 0.717) is 0 Å². The molecule has 102 valence electrons. The molecule has 18 heavy (non-hydrogen) atoms. The van der Waals surface area contributed by atoms with E-state index in [9.17, 15) is 4.79 Å². The van der Waals surface area contributed by atoms with Gasteiger partial charge in [0.15, 0.2) is 0 Å². The van der Waals surface area contributed by atoms with Crippen LogP contribution in [0.25, 0.3) is 0 Å². The second-order valence-corrected chi connectivity index (χ2v) is 6.36. The first-order valence-corrected chi connectivity index (χ1v) is 7.18. The summed E-state index contributed by atoms with van der Waals surface area (Å²) < 4.78 is 1.89. The molecule has 0 amide bonds. The van der Waals surface area contributed by atoms with Crippen LogP contribution in [0.3, 0.4) is 0 Å². The lowest BCUT2D eigenvalue weighted by atomic mass is 9.88. The molecule has 0 radical (unpaired) electrons. The van der Waals surface area contributed by atoms with Gasteiger partial charge >= 0.3 is 5.97 Å². The van der Waals surface area contributed by atoms with Crippen LogP contribution in [0.4, 0.5) is 0 Å². The number of aromatic nitrogens is 2. The van der Waals surface area contributed by atoms with Crippen molar-refractivity contribution in [3.05, 3.63) is 11.8 Å². The largest absolute Gasteiger partial charge is 0.481 e. The van der Waals surface area contributed by atoms with E-state index < -0.39 is 11.4 Å². The lowest BCUT2D eigenvalue weighted by Crippen LogP contribution is -2.23. The Balaban J connectivity index is 2.24. The van der Waals surface area contributed by atoms with Crippen LogP contribution in [0.2, 0.25) is 0 Å². The Hall–Kier alpha value is -0.970. The summed E-state index contributed by atoms with van der Waals surface area (Å²) in [6.45, 7) is 5.55. The maximum absolute atomic E-state index is 10.9. The number of hydrogen-bond donors (Lipinski definition) is 1. The van der Waals surface area contributed by atoms with Crippen LogP contribution in [0.1, 0.15) is 38.8 Å². The molecule has 0 atom stereocenters. The Morgan fingerprint density at radius 2 is 2.17 bits per heavy atom. The normalized spacial score (nSPS) is 11.8. The van der Waals surface area contributed by atoms with Crippen LogP contribution >= 0.6 is 11.8 Å². The molecule has 0 bridgehead atoms. The number of hydrogen-bond acceptors (Lipinski definition) is 3. The summed E-state index contributed by atoms with van der Waals surface area (Å²) in [7, 11) is 1.95. The third-order valence-electron chi connectivity index (χ3n) is 2.98. The van der Waals surface area contributed by atoms with Crippen molar-refractivity contribution in [3.8, 4) is 0 Å². The van der Waals surface area contributed by atoms with Gasteiger partial charge in [0, 0.05) is 7.05 Å². The zero-order chi connectivity index (χ0) is 13.8. The highest BCUT2D eigenvalue weighted by molar-refractivity contribution is 7.99. The Kier molecular flexibility index (Phi) is 5.26. The molecular weight excluding hydrogens is 248 g/mol. The molecule has 1 N–H and O–H groups in total. The quantitative estimate of drug-likeness (QED) is 0.611. The molecular formula is C13H22N2O2S. The van der Waals surface area contributed by atoms with Gasteiger partial charge in [0.25, 0.3) is 0 Å². The maximum atomic E-state index is 10.9. The average molecular weight is 270 g/mol. The van der Waals surface area contributed by atoms with E-state index in [-0.39, 0.29) is 0 Å². The number of carbonyl (C=O) groups is 1. The highest BCUT2D eigenvalue weighted by Gasteiger charge is 2.25. The number of aryl methyl sites for hydroxylation is 2. The Labute approximate surface area is 113 Å². The van der Waals surface area contributed by atoms with E-state index in [2.05, 4.69) is 11.2 Å². The molecule has 0 saturated carbocycles. The molecule has 0 aliphatic rings. The molecule has 1 rings (SSSR count). The van der Waals surface area contributed by atoms with Crippen molar-refractivity contribution >= 4 is 17.7 Å². The number of unbranched alkanes of at least 4 members (excludes halogenated alkanes) is 1. The number of aliphatic carboxylic acids is 1. The molecule has 5 heteroatoms. The van der Waals surface area contributed by atoms with Crippen LogP contribution in [-0.4, -0.2) is 26.6 Å². The van der Waals surface area contributed by atoms with E-state index in [4.69, 9.17) is 5.11 Å². The van der Waals surface area contributed by atoms with Gasteiger partial charge in [-0.15, -0.1) is 11.8 Å².